The highest BCUT2D eigenvalue weighted by atomic mass is 14.9. The number of rotatable bonds is 6. The van der Waals surface area contributed by atoms with Crippen molar-refractivity contribution in [2.45, 2.75) is 52.1 Å². The van der Waals surface area contributed by atoms with Gasteiger partial charge in [0, 0.05) is 12.1 Å². The predicted molar refractivity (Wildman–Crippen MR) is 71.7 cm³/mol. The zero-order valence-corrected chi connectivity index (χ0v) is 11.0. The molecule has 0 aliphatic carbocycles. The van der Waals surface area contributed by atoms with E-state index in [0.717, 1.165) is 5.56 Å². The van der Waals surface area contributed by atoms with Gasteiger partial charge in [0.25, 0.3) is 0 Å². The Balaban J connectivity index is 2.51. The number of benzene rings is 1. The minimum absolute atomic E-state index is 0.342. The van der Waals surface area contributed by atoms with Gasteiger partial charge >= 0.3 is 0 Å². The van der Waals surface area contributed by atoms with Crippen LogP contribution in [0.15, 0.2) is 24.3 Å². The molecule has 0 saturated carbocycles. The van der Waals surface area contributed by atoms with Gasteiger partial charge in [0.1, 0.15) is 0 Å². The van der Waals surface area contributed by atoms with Crippen LogP contribution in [0.2, 0.25) is 0 Å². The summed E-state index contributed by atoms with van der Waals surface area (Å²) in [6.45, 7) is 6.62. The van der Waals surface area contributed by atoms with E-state index in [2.05, 4.69) is 32.2 Å². The zero-order chi connectivity index (χ0) is 12.7. The van der Waals surface area contributed by atoms with Crippen molar-refractivity contribution in [1.29, 1.82) is 5.26 Å². The van der Waals surface area contributed by atoms with Gasteiger partial charge in [-0.1, -0.05) is 31.9 Å². The smallest absolute Gasteiger partial charge is 0.0991 e. The van der Waals surface area contributed by atoms with Gasteiger partial charge in [-0.2, -0.15) is 5.26 Å². The summed E-state index contributed by atoms with van der Waals surface area (Å²) in [6, 6.07) is 10.8. The van der Waals surface area contributed by atoms with E-state index >= 15 is 0 Å². The first-order valence-electron chi connectivity index (χ1n) is 6.43. The van der Waals surface area contributed by atoms with Crippen molar-refractivity contribution in [3.8, 4) is 6.07 Å². The van der Waals surface area contributed by atoms with E-state index in [0.29, 0.717) is 12.1 Å². The third-order valence-corrected chi connectivity index (χ3v) is 3.06. The van der Waals surface area contributed by atoms with Crippen LogP contribution in [0.25, 0.3) is 0 Å². The first kappa shape index (κ1) is 13.7. The number of hydrogen-bond acceptors (Lipinski definition) is 2. The maximum atomic E-state index is 8.74. The third kappa shape index (κ3) is 4.58. The van der Waals surface area contributed by atoms with Crippen LogP contribution in [0, 0.1) is 11.3 Å². The van der Waals surface area contributed by atoms with Crippen LogP contribution in [0.3, 0.4) is 0 Å². The molecule has 1 N–H and O–H groups in total. The predicted octanol–water partition coefficient (Wildman–Crippen LogP) is 3.79. The minimum Gasteiger partial charge on any atom is -0.308 e. The molecule has 0 heterocycles. The standard InChI is InChI=1S/C15H22N2/c1-4-5-6-12(2)17-13(3)15-9-7-14(11-16)8-10-15/h7-10,12-13,17H,4-6H2,1-3H3. The van der Waals surface area contributed by atoms with Crippen LogP contribution in [0.4, 0.5) is 0 Å². The summed E-state index contributed by atoms with van der Waals surface area (Å²) in [5.41, 5.74) is 1.97. The minimum atomic E-state index is 0.342. The second-order valence-electron chi connectivity index (χ2n) is 4.67. The summed E-state index contributed by atoms with van der Waals surface area (Å²) < 4.78 is 0. The van der Waals surface area contributed by atoms with E-state index in [1.807, 2.05) is 24.3 Å². The van der Waals surface area contributed by atoms with Gasteiger partial charge in [0.15, 0.2) is 0 Å². The number of nitrogens with zero attached hydrogens (tertiary/aromatic N) is 1. The summed E-state index contributed by atoms with van der Waals surface area (Å²) in [4.78, 5) is 0. The molecule has 2 heteroatoms. The van der Waals surface area contributed by atoms with Crippen molar-refractivity contribution in [2.75, 3.05) is 0 Å². The molecule has 0 spiro atoms. The molecule has 2 nitrogen and oxygen atoms in total. The maximum absolute atomic E-state index is 8.74. The highest BCUT2D eigenvalue weighted by molar-refractivity contribution is 5.32. The molecule has 92 valence electrons. The fourth-order valence-corrected chi connectivity index (χ4v) is 1.96. The summed E-state index contributed by atoms with van der Waals surface area (Å²) in [6.07, 6.45) is 3.74. The largest absolute Gasteiger partial charge is 0.308 e. The molecule has 2 unspecified atom stereocenters. The molecule has 17 heavy (non-hydrogen) atoms. The molecule has 0 fully saturated rings. The average molecular weight is 230 g/mol. The third-order valence-electron chi connectivity index (χ3n) is 3.06. The van der Waals surface area contributed by atoms with Crippen molar-refractivity contribution in [1.82, 2.24) is 5.32 Å². The van der Waals surface area contributed by atoms with Crippen LogP contribution in [0.5, 0.6) is 0 Å². The lowest BCUT2D eigenvalue weighted by molar-refractivity contribution is 0.444. The van der Waals surface area contributed by atoms with Crippen LogP contribution in [0.1, 0.15) is 57.2 Å². The van der Waals surface area contributed by atoms with Crippen LogP contribution in [-0.2, 0) is 0 Å². The molecule has 0 saturated heterocycles. The Morgan fingerprint density at radius 1 is 1.24 bits per heavy atom. The summed E-state index contributed by atoms with van der Waals surface area (Å²) in [5.74, 6) is 0. The SMILES string of the molecule is CCCCC(C)NC(C)c1ccc(C#N)cc1. The normalized spacial score (nSPS) is 14.0. The van der Waals surface area contributed by atoms with Crippen molar-refractivity contribution in [3.05, 3.63) is 35.4 Å². The van der Waals surface area contributed by atoms with Crippen LogP contribution < -0.4 is 5.32 Å². The number of nitrogens with one attached hydrogen (secondary N) is 1. The molecule has 0 aromatic heterocycles. The van der Waals surface area contributed by atoms with Gasteiger partial charge < -0.3 is 5.32 Å². The molecule has 0 aliphatic heterocycles. The molecule has 0 bridgehead atoms. The number of nitriles is 1. The van der Waals surface area contributed by atoms with Gasteiger partial charge in [-0.3, -0.25) is 0 Å². The Bertz CT molecular complexity index is 362. The van der Waals surface area contributed by atoms with E-state index in [1.165, 1.54) is 24.8 Å². The van der Waals surface area contributed by atoms with Gasteiger partial charge in [-0.05, 0) is 38.0 Å². The van der Waals surface area contributed by atoms with Gasteiger partial charge in [-0.25, -0.2) is 0 Å². The highest BCUT2D eigenvalue weighted by Crippen LogP contribution is 2.15. The van der Waals surface area contributed by atoms with Crippen LogP contribution in [-0.4, -0.2) is 6.04 Å². The molecule has 1 aromatic carbocycles. The summed E-state index contributed by atoms with van der Waals surface area (Å²) >= 11 is 0. The molecule has 0 amide bonds. The molecule has 0 radical (unpaired) electrons. The monoisotopic (exact) mass is 230 g/mol. The van der Waals surface area contributed by atoms with E-state index in [4.69, 9.17) is 5.26 Å². The summed E-state index contributed by atoms with van der Waals surface area (Å²) in [5, 5.41) is 12.3. The Morgan fingerprint density at radius 3 is 2.41 bits per heavy atom. The Kier molecular flexibility index (Phi) is 5.72. The quantitative estimate of drug-likeness (QED) is 0.807. The van der Waals surface area contributed by atoms with Crippen molar-refractivity contribution >= 4 is 0 Å². The molecule has 0 aliphatic rings. The van der Waals surface area contributed by atoms with E-state index in [9.17, 15) is 0 Å². The fourth-order valence-electron chi connectivity index (χ4n) is 1.96. The lowest BCUT2D eigenvalue weighted by atomic mass is 10.0. The fraction of sp³-hybridized carbons (Fsp3) is 0.533. The van der Waals surface area contributed by atoms with E-state index in [1.54, 1.807) is 0 Å². The molecule has 1 rings (SSSR count). The summed E-state index contributed by atoms with van der Waals surface area (Å²) in [7, 11) is 0. The van der Waals surface area contributed by atoms with Crippen molar-refractivity contribution in [3.63, 3.8) is 0 Å². The zero-order valence-electron chi connectivity index (χ0n) is 11.0. The lowest BCUT2D eigenvalue weighted by Crippen LogP contribution is -2.28. The average Bonchev–Trinajstić information content (AvgIpc) is 2.36. The molecule has 2 atom stereocenters. The Labute approximate surface area is 105 Å². The molecule has 1 aromatic rings. The van der Waals surface area contributed by atoms with Gasteiger partial charge in [-0.15, -0.1) is 0 Å². The highest BCUT2D eigenvalue weighted by Gasteiger charge is 2.08. The van der Waals surface area contributed by atoms with E-state index < -0.39 is 0 Å². The number of unbranched alkanes of at least 4 members (excludes halogenated alkanes) is 1. The first-order chi connectivity index (χ1) is 8.17. The van der Waals surface area contributed by atoms with Crippen molar-refractivity contribution in [2.24, 2.45) is 0 Å². The topological polar surface area (TPSA) is 35.8 Å². The first-order valence-corrected chi connectivity index (χ1v) is 6.43. The van der Waals surface area contributed by atoms with Gasteiger partial charge in [0.2, 0.25) is 0 Å². The second kappa shape index (κ2) is 7.09. The maximum Gasteiger partial charge on any atom is 0.0991 e. The molecular formula is C15H22N2. The van der Waals surface area contributed by atoms with Crippen LogP contribution >= 0.6 is 0 Å². The lowest BCUT2D eigenvalue weighted by Gasteiger charge is -2.20. The molecular weight excluding hydrogens is 208 g/mol. The Hall–Kier alpha value is -1.33. The number of hydrogen-bond donors (Lipinski definition) is 1. The van der Waals surface area contributed by atoms with E-state index in [-0.39, 0.29) is 0 Å². The second-order valence-corrected chi connectivity index (χ2v) is 4.67. The Morgan fingerprint density at radius 2 is 1.88 bits per heavy atom. The van der Waals surface area contributed by atoms with Gasteiger partial charge in [0.05, 0.1) is 11.6 Å². The van der Waals surface area contributed by atoms with Crippen molar-refractivity contribution < 1.29 is 0 Å².